The van der Waals surface area contributed by atoms with Gasteiger partial charge in [-0.3, -0.25) is 10.1 Å². The predicted molar refractivity (Wildman–Crippen MR) is 113 cm³/mol. The average Bonchev–Trinajstić information content (AvgIpc) is 3.33. The van der Waals surface area contributed by atoms with Crippen LogP contribution in [0.15, 0.2) is 41.3 Å². The van der Waals surface area contributed by atoms with Crippen LogP contribution in [-0.4, -0.2) is 29.4 Å². The number of carbonyl (C=O) groups is 1. The molecule has 1 aromatic heterocycles. The minimum atomic E-state index is -0.111. The number of fused-ring (bicyclic) bond motifs is 1. The molecule has 1 saturated heterocycles. The molecule has 4 nitrogen and oxygen atoms in total. The van der Waals surface area contributed by atoms with Gasteiger partial charge in [-0.25, -0.2) is 4.98 Å². The van der Waals surface area contributed by atoms with Crippen molar-refractivity contribution in [2.45, 2.75) is 37.7 Å². The maximum atomic E-state index is 12.9. The van der Waals surface area contributed by atoms with Crippen LogP contribution in [-0.2, 0) is 4.74 Å². The number of anilines is 1. The highest BCUT2D eigenvalue weighted by molar-refractivity contribution is 7.99. The van der Waals surface area contributed by atoms with E-state index in [1.807, 2.05) is 31.2 Å². The van der Waals surface area contributed by atoms with Crippen LogP contribution in [0.2, 0.25) is 0 Å². The van der Waals surface area contributed by atoms with Gasteiger partial charge in [0, 0.05) is 17.3 Å². The summed E-state index contributed by atoms with van der Waals surface area (Å²) in [5.41, 5.74) is 3.96. The minimum Gasteiger partial charge on any atom is -0.377 e. The van der Waals surface area contributed by atoms with Crippen LogP contribution >= 0.6 is 23.1 Å². The lowest BCUT2D eigenvalue weighted by Crippen LogP contribution is -2.14. The van der Waals surface area contributed by atoms with Crippen LogP contribution < -0.4 is 5.32 Å². The third kappa shape index (κ3) is 4.03. The van der Waals surface area contributed by atoms with E-state index in [2.05, 4.69) is 29.4 Å². The molecule has 27 heavy (non-hydrogen) atoms. The van der Waals surface area contributed by atoms with Gasteiger partial charge in [-0.05, 0) is 49.9 Å². The van der Waals surface area contributed by atoms with Gasteiger partial charge >= 0.3 is 0 Å². The van der Waals surface area contributed by atoms with E-state index in [1.54, 1.807) is 11.8 Å². The van der Waals surface area contributed by atoms with Crippen molar-refractivity contribution in [1.82, 2.24) is 4.98 Å². The maximum Gasteiger partial charge on any atom is 0.258 e. The van der Waals surface area contributed by atoms with Crippen LogP contribution in [0, 0.1) is 13.8 Å². The topological polar surface area (TPSA) is 51.2 Å². The number of amides is 1. The Morgan fingerprint density at radius 2 is 2.07 bits per heavy atom. The Morgan fingerprint density at radius 1 is 1.26 bits per heavy atom. The lowest BCUT2D eigenvalue weighted by Gasteiger charge is -2.11. The van der Waals surface area contributed by atoms with Crippen LogP contribution in [0.5, 0.6) is 0 Å². The highest BCUT2D eigenvalue weighted by Crippen LogP contribution is 2.32. The molecule has 6 heteroatoms. The fraction of sp³-hybridized carbons (Fsp3) is 0.333. The molecule has 2 aromatic carbocycles. The summed E-state index contributed by atoms with van der Waals surface area (Å²) in [6.07, 6.45) is 2.52. The first kappa shape index (κ1) is 18.5. The highest BCUT2D eigenvalue weighted by atomic mass is 32.2. The average molecular weight is 399 g/mol. The summed E-state index contributed by atoms with van der Waals surface area (Å²) < 4.78 is 6.83. The molecular formula is C21H22N2O2S2. The third-order valence-corrected chi connectivity index (χ3v) is 7.05. The number of ether oxygens (including phenoxy) is 1. The second kappa shape index (κ2) is 8.00. The normalized spacial score (nSPS) is 16.7. The molecule has 2 heterocycles. The van der Waals surface area contributed by atoms with Gasteiger partial charge in [0.05, 0.1) is 21.9 Å². The van der Waals surface area contributed by atoms with Gasteiger partial charge < -0.3 is 4.74 Å². The van der Waals surface area contributed by atoms with Crippen LogP contribution in [0.25, 0.3) is 10.2 Å². The molecule has 0 bridgehead atoms. The van der Waals surface area contributed by atoms with Crippen molar-refractivity contribution in [2.75, 3.05) is 17.7 Å². The summed E-state index contributed by atoms with van der Waals surface area (Å²) in [6, 6.07) is 11.9. The zero-order chi connectivity index (χ0) is 18.8. The minimum absolute atomic E-state index is 0.111. The number of aromatic nitrogens is 1. The number of thioether (sulfide) groups is 1. The predicted octanol–water partition coefficient (Wildman–Crippen LogP) is 5.44. The monoisotopic (exact) mass is 398 g/mol. The van der Waals surface area contributed by atoms with Crippen molar-refractivity contribution in [3.8, 4) is 0 Å². The number of hydrogen-bond donors (Lipinski definition) is 1. The molecule has 1 fully saturated rings. The molecule has 0 aliphatic carbocycles. The first-order valence-electron chi connectivity index (χ1n) is 9.13. The van der Waals surface area contributed by atoms with Gasteiger partial charge in [-0.1, -0.05) is 35.6 Å². The summed E-state index contributed by atoms with van der Waals surface area (Å²) in [5, 5.41) is 3.64. The van der Waals surface area contributed by atoms with E-state index in [0.29, 0.717) is 16.8 Å². The molecule has 1 atom stereocenters. The summed E-state index contributed by atoms with van der Waals surface area (Å²) in [6.45, 7) is 4.97. The molecule has 1 unspecified atom stereocenters. The maximum absolute atomic E-state index is 12.9. The largest absolute Gasteiger partial charge is 0.377 e. The molecular weight excluding hydrogens is 376 g/mol. The summed E-state index contributed by atoms with van der Waals surface area (Å²) >= 11 is 3.22. The Morgan fingerprint density at radius 3 is 2.85 bits per heavy atom. The quantitative estimate of drug-likeness (QED) is 0.582. The highest BCUT2D eigenvalue weighted by Gasteiger charge is 2.19. The lowest BCUT2D eigenvalue weighted by molar-refractivity contribution is 0.102. The molecule has 1 amide bonds. The number of thiazole rings is 1. The van der Waals surface area contributed by atoms with Gasteiger partial charge in [-0.2, -0.15) is 0 Å². The SMILES string of the molecule is Cc1ccc(C)c2sc(NC(=O)c3ccccc3SCC3CCCO3)nc12. The van der Waals surface area contributed by atoms with E-state index < -0.39 is 0 Å². The summed E-state index contributed by atoms with van der Waals surface area (Å²) in [5.74, 6) is 0.767. The Kier molecular flexibility index (Phi) is 5.48. The lowest BCUT2D eigenvalue weighted by atomic mass is 10.1. The smallest absolute Gasteiger partial charge is 0.258 e. The molecule has 140 valence electrons. The fourth-order valence-electron chi connectivity index (χ4n) is 3.22. The van der Waals surface area contributed by atoms with E-state index in [4.69, 9.17) is 4.74 Å². The first-order chi connectivity index (χ1) is 13.1. The van der Waals surface area contributed by atoms with Gasteiger partial charge in [0.2, 0.25) is 0 Å². The molecule has 3 aromatic rings. The van der Waals surface area contributed by atoms with E-state index >= 15 is 0 Å². The van der Waals surface area contributed by atoms with E-state index in [-0.39, 0.29) is 5.91 Å². The van der Waals surface area contributed by atoms with E-state index in [9.17, 15) is 4.79 Å². The van der Waals surface area contributed by atoms with Crippen molar-refractivity contribution >= 4 is 44.4 Å². The number of nitrogens with zero attached hydrogens (tertiary/aromatic N) is 1. The third-order valence-electron chi connectivity index (χ3n) is 4.74. The van der Waals surface area contributed by atoms with Crippen molar-refractivity contribution in [2.24, 2.45) is 0 Å². The Labute approximate surface area is 167 Å². The fourth-order valence-corrected chi connectivity index (χ4v) is 5.34. The standard InChI is InChI=1S/C21H22N2O2S2/c1-13-9-10-14(2)19-18(13)22-21(27-19)23-20(24)16-7-3-4-8-17(16)26-12-15-6-5-11-25-15/h3-4,7-10,15H,5-6,11-12H2,1-2H3,(H,22,23,24). The zero-order valence-electron chi connectivity index (χ0n) is 15.5. The van der Waals surface area contributed by atoms with Crippen molar-refractivity contribution < 1.29 is 9.53 Å². The van der Waals surface area contributed by atoms with E-state index in [1.165, 1.54) is 16.9 Å². The summed E-state index contributed by atoms with van der Waals surface area (Å²) in [4.78, 5) is 18.5. The Bertz CT molecular complexity index is 938. The number of hydrogen-bond acceptors (Lipinski definition) is 5. The van der Waals surface area contributed by atoms with Gasteiger partial charge in [0.25, 0.3) is 5.91 Å². The second-order valence-corrected chi connectivity index (χ2v) is 8.85. The van der Waals surface area contributed by atoms with Crippen molar-refractivity contribution in [3.05, 3.63) is 53.1 Å². The molecule has 0 spiro atoms. The van der Waals surface area contributed by atoms with Gasteiger partial charge in [0.15, 0.2) is 5.13 Å². The first-order valence-corrected chi connectivity index (χ1v) is 10.9. The molecule has 0 radical (unpaired) electrons. The zero-order valence-corrected chi connectivity index (χ0v) is 17.1. The van der Waals surface area contributed by atoms with Gasteiger partial charge in [-0.15, -0.1) is 11.8 Å². The van der Waals surface area contributed by atoms with Crippen molar-refractivity contribution in [3.63, 3.8) is 0 Å². The van der Waals surface area contributed by atoms with Crippen LogP contribution in [0.1, 0.15) is 34.3 Å². The number of carbonyl (C=O) groups excluding carboxylic acids is 1. The molecule has 0 saturated carbocycles. The number of rotatable bonds is 5. The second-order valence-electron chi connectivity index (χ2n) is 6.79. The Balaban J connectivity index is 1.53. The summed E-state index contributed by atoms with van der Waals surface area (Å²) in [7, 11) is 0. The molecule has 4 rings (SSSR count). The molecule has 1 N–H and O–H groups in total. The van der Waals surface area contributed by atoms with Crippen LogP contribution in [0.3, 0.4) is 0 Å². The Hall–Kier alpha value is -1.89. The number of benzene rings is 2. The van der Waals surface area contributed by atoms with Crippen molar-refractivity contribution in [1.29, 1.82) is 0 Å². The number of nitrogens with one attached hydrogen (secondary N) is 1. The van der Waals surface area contributed by atoms with E-state index in [0.717, 1.165) is 45.9 Å². The number of aryl methyl sites for hydroxylation is 2. The molecule has 1 aliphatic heterocycles. The van der Waals surface area contributed by atoms with Crippen LogP contribution in [0.4, 0.5) is 5.13 Å². The van der Waals surface area contributed by atoms with Gasteiger partial charge in [0.1, 0.15) is 0 Å². The molecule has 1 aliphatic rings.